The van der Waals surface area contributed by atoms with Crippen LogP contribution < -0.4 is 16.0 Å². The average molecular weight is 379 g/mol. The van der Waals surface area contributed by atoms with E-state index in [0.29, 0.717) is 23.4 Å². The minimum absolute atomic E-state index is 0.279. The number of para-hydroxylation sites is 1. The van der Waals surface area contributed by atoms with Crippen LogP contribution in [-0.4, -0.2) is 54.9 Å². The lowest BCUT2D eigenvalue weighted by atomic mass is 10.1. The molecule has 8 nitrogen and oxygen atoms in total. The van der Waals surface area contributed by atoms with Crippen molar-refractivity contribution in [1.29, 1.82) is 0 Å². The van der Waals surface area contributed by atoms with Crippen LogP contribution in [0.1, 0.15) is 23.2 Å². The molecular weight excluding hydrogens is 358 g/mol. The number of nitrogens with one attached hydrogen (secondary N) is 3. The van der Waals surface area contributed by atoms with Crippen LogP contribution in [0.5, 0.6) is 0 Å². The number of benzene rings is 1. The van der Waals surface area contributed by atoms with E-state index in [1.165, 1.54) is 18.9 Å². The maximum Gasteiger partial charge on any atom is 0.328 e. The van der Waals surface area contributed by atoms with Gasteiger partial charge in [0.25, 0.3) is 5.91 Å². The minimum Gasteiger partial charge on any atom is -0.467 e. The summed E-state index contributed by atoms with van der Waals surface area (Å²) in [6, 6.07) is 4.76. The van der Waals surface area contributed by atoms with Gasteiger partial charge in [0.05, 0.1) is 24.8 Å². The number of carbonyl (C=O) groups excluding carboxylic acids is 4. The highest BCUT2D eigenvalue weighted by Gasteiger charge is 2.30. The quantitative estimate of drug-likeness (QED) is 0.596. The van der Waals surface area contributed by atoms with Crippen molar-refractivity contribution in [3.8, 4) is 0 Å². The van der Waals surface area contributed by atoms with Crippen LogP contribution in [-0.2, 0) is 19.1 Å². The summed E-state index contributed by atoms with van der Waals surface area (Å²) < 4.78 is 4.69. The molecule has 0 aliphatic carbocycles. The third-order valence-electron chi connectivity index (χ3n) is 3.87. The predicted octanol–water partition coefficient (Wildman–Crippen LogP) is 0.538. The first kappa shape index (κ1) is 19.8. The Morgan fingerprint density at radius 3 is 2.73 bits per heavy atom. The van der Waals surface area contributed by atoms with Crippen LogP contribution in [0, 0.1) is 0 Å². The fourth-order valence-electron chi connectivity index (χ4n) is 2.52. The summed E-state index contributed by atoms with van der Waals surface area (Å²) in [6.45, 7) is 0. The van der Waals surface area contributed by atoms with E-state index in [9.17, 15) is 19.2 Å². The smallest absolute Gasteiger partial charge is 0.328 e. The Labute approximate surface area is 155 Å². The number of carbonyl (C=O) groups is 4. The molecule has 3 N–H and O–H groups in total. The predicted molar refractivity (Wildman–Crippen MR) is 97.9 cm³/mol. The molecule has 1 unspecified atom stereocenters. The molecule has 3 amide bonds. The molecule has 0 saturated carbocycles. The second-order valence-electron chi connectivity index (χ2n) is 5.69. The molecule has 140 valence electrons. The van der Waals surface area contributed by atoms with E-state index in [4.69, 9.17) is 0 Å². The maximum atomic E-state index is 12.3. The van der Waals surface area contributed by atoms with Gasteiger partial charge in [0.1, 0.15) is 12.1 Å². The first-order valence-electron chi connectivity index (χ1n) is 8.03. The second-order valence-corrected chi connectivity index (χ2v) is 6.68. The molecule has 0 spiro atoms. The zero-order valence-corrected chi connectivity index (χ0v) is 15.4. The molecule has 1 aromatic carbocycles. The summed E-state index contributed by atoms with van der Waals surface area (Å²) in [5.74, 6) is -1.33. The van der Waals surface area contributed by atoms with Gasteiger partial charge in [0.15, 0.2) is 0 Å². The van der Waals surface area contributed by atoms with Crippen molar-refractivity contribution < 1.29 is 23.9 Å². The summed E-state index contributed by atoms with van der Waals surface area (Å²) in [5, 5.41) is 7.74. The number of anilines is 1. The van der Waals surface area contributed by atoms with Gasteiger partial charge in [-0.05, 0) is 30.6 Å². The highest BCUT2D eigenvalue weighted by molar-refractivity contribution is 7.98. The molecule has 1 heterocycles. The first-order valence-corrected chi connectivity index (χ1v) is 9.42. The number of rotatable bonds is 7. The fraction of sp³-hybridized carbons (Fsp3) is 0.412. The number of amides is 3. The van der Waals surface area contributed by atoms with Crippen LogP contribution in [0.25, 0.3) is 0 Å². The van der Waals surface area contributed by atoms with Crippen molar-refractivity contribution in [2.75, 3.05) is 24.4 Å². The Kier molecular flexibility index (Phi) is 7.02. The second kappa shape index (κ2) is 9.23. The number of esters is 1. The number of thioether (sulfide) groups is 1. The summed E-state index contributed by atoms with van der Waals surface area (Å²) >= 11 is 1.54. The van der Waals surface area contributed by atoms with Crippen molar-refractivity contribution in [3.63, 3.8) is 0 Å². The van der Waals surface area contributed by atoms with E-state index in [0.717, 1.165) is 0 Å². The number of ether oxygens (including phenoxy) is 1. The number of methoxy groups -OCH3 is 1. The number of hydrogen-bond donors (Lipinski definition) is 3. The molecule has 26 heavy (non-hydrogen) atoms. The van der Waals surface area contributed by atoms with E-state index in [-0.39, 0.29) is 6.42 Å². The van der Waals surface area contributed by atoms with Crippen molar-refractivity contribution >= 4 is 41.1 Å². The Morgan fingerprint density at radius 2 is 2.04 bits per heavy atom. The van der Waals surface area contributed by atoms with Gasteiger partial charge in [-0.2, -0.15) is 11.8 Å². The van der Waals surface area contributed by atoms with Crippen LogP contribution >= 0.6 is 11.8 Å². The van der Waals surface area contributed by atoms with Gasteiger partial charge in [-0.1, -0.05) is 12.1 Å². The van der Waals surface area contributed by atoms with Crippen molar-refractivity contribution in [2.45, 2.75) is 24.9 Å². The van der Waals surface area contributed by atoms with Crippen LogP contribution in [0.4, 0.5) is 5.69 Å². The molecular formula is C17H21N3O5S. The lowest BCUT2D eigenvalue weighted by Crippen LogP contribution is -2.48. The summed E-state index contributed by atoms with van der Waals surface area (Å²) in [5.41, 5.74) is 0.724. The molecule has 2 rings (SSSR count). The highest BCUT2D eigenvalue weighted by Crippen LogP contribution is 2.18. The van der Waals surface area contributed by atoms with Gasteiger partial charge in [-0.3, -0.25) is 14.4 Å². The largest absolute Gasteiger partial charge is 0.467 e. The number of fused-ring (bicyclic) bond motifs is 1. The Balaban J connectivity index is 2.03. The van der Waals surface area contributed by atoms with Gasteiger partial charge < -0.3 is 20.7 Å². The lowest BCUT2D eigenvalue weighted by Gasteiger charge is -2.18. The average Bonchev–Trinajstić information content (AvgIpc) is 2.74. The van der Waals surface area contributed by atoms with Gasteiger partial charge >= 0.3 is 5.97 Å². The highest BCUT2D eigenvalue weighted by atomic mass is 32.2. The summed E-state index contributed by atoms with van der Waals surface area (Å²) in [7, 11) is 1.25. The molecule has 0 aromatic heterocycles. The monoisotopic (exact) mass is 379 g/mol. The van der Waals surface area contributed by atoms with E-state index in [2.05, 4.69) is 20.7 Å². The Bertz CT molecular complexity index is 709. The fourth-order valence-corrected chi connectivity index (χ4v) is 2.99. The standard InChI is InChI=1S/C17H21N3O5S/c1-25-17(24)12(7-8-26-2)18-14(21)9-13-16(23)19-11-6-4-3-5-10(11)15(22)20-13/h3-6,12-13H,7-9H2,1-2H3,(H,18,21)(H,19,23)(H,20,22)/t12-,13?/m0/s1. The van der Waals surface area contributed by atoms with E-state index in [1.807, 2.05) is 6.26 Å². The molecule has 2 atom stereocenters. The van der Waals surface area contributed by atoms with E-state index >= 15 is 0 Å². The molecule has 9 heteroatoms. The maximum absolute atomic E-state index is 12.3. The van der Waals surface area contributed by atoms with Gasteiger partial charge in [-0.25, -0.2) is 4.79 Å². The van der Waals surface area contributed by atoms with Gasteiger partial charge in [-0.15, -0.1) is 0 Å². The van der Waals surface area contributed by atoms with Crippen LogP contribution in [0.2, 0.25) is 0 Å². The van der Waals surface area contributed by atoms with Gasteiger partial charge in [0.2, 0.25) is 11.8 Å². The van der Waals surface area contributed by atoms with Gasteiger partial charge in [0, 0.05) is 0 Å². The minimum atomic E-state index is -1.03. The first-order chi connectivity index (χ1) is 12.5. The molecule has 1 aliphatic heterocycles. The molecule has 0 saturated heterocycles. The normalized spacial score (nSPS) is 17.2. The zero-order valence-electron chi connectivity index (χ0n) is 14.5. The van der Waals surface area contributed by atoms with Crippen molar-refractivity contribution in [1.82, 2.24) is 10.6 Å². The van der Waals surface area contributed by atoms with E-state index in [1.54, 1.807) is 24.3 Å². The van der Waals surface area contributed by atoms with E-state index < -0.39 is 35.8 Å². The topological polar surface area (TPSA) is 114 Å². The number of hydrogen-bond acceptors (Lipinski definition) is 6. The summed E-state index contributed by atoms with van der Waals surface area (Å²) in [6.07, 6.45) is 2.02. The molecule has 0 bridgehead atoms. The van der Waals surface area contributed by atoms with Crippen molar-refractivity contribution in [3.05, 3.63) is 29.8 Å². The lowest BCUT2D eigenvalue weighted by molar-refractivity contribution is -0.145. The molecule has 1 aliphatic rings. The third kappa shape index (κ3) is 4.98. The zero-order chi connectivity index (χ0) is 19.1. The molecule has 0 fully saturated rings. The Morgan fingerprint density at radius 1 is 1.31 bits per heavy atom. The molecule has 1 aromatic rings. The van der Waals surface area contributed by atoms with Crippen LogP contribution in [0.15, 0.2) is 24.3 Å². The third-order valence-corrected chi connectivity index (χ3v) is 4.52. The van der Waals surface area contributed by atoms with Crippen LogP contribution in [0.3, 0.4) is 0 Å². The Hall–Kier alpha value is -2.55. The summed E-state index contributed by atoms with van der Waals surface area (Å²) in [4.78, 5) is 48.6. The molecule has 0 radical (unpaired) electrons. The van der Waals surface area contributed by atoms with Crippen molar-refractivity contribution in [2.24, 2.45) is 0 Å². The SMILES string of the molecule is COC(=O)[C@H](CCSC)NC(=O)CC1NC(=O)c2ccccc2NC1=O.